The third-order valence-corrected chi connectivity index (χ3v) is 5.47. The SMILES string of the molecule is C=CC(=O)OCCCCCCOc1ccc(C(=O)Oc2ccc(C3OC(C(=O)O)C(C(=O)O)O3)cc2)cc1. The molecule has 0 aliphatic carbocycles. The van der Waals surface area contributed by atoms with Gasteiger partial charge in [-0.25, -0.2) is 19.2 Å². The monoisotopic (exact) mass is 528 g/mol. The van der Waals surface area contributed by atoms with Crippen molar-refractivity contribution in [3.8, 4) is 11.5 Å². The van der Waals surface area contributed by atoms with Gasteiger partial charge in [-0.05, 0) is 62.1 Å². The lowest BCUT2D eigenvalue weighted by Gasteiger charge is -2.11. The van der Waals surface area contributed by atoms with Crippen LogP contribution < -0.4 is 9.47 Å². The number of benzene rings is 2. The smallest absolute Gasteiger partial charge is 0.343 e. The number of rotatable bonds is 14. The predicted molar refractivity (Wildman–Crippen MR) is 131 cm³/mol. The lowest BCUT2D eigenvalue weighted by molar-refractivity contribution is -0.156. The van der Waals surface area contributed by atoms with Gasteiger partial charge >= 0.3 is 23.9 Å². The number of hydrogen-bond acceptors (Lipinski definition) is 9. The highest BCUT2D eigenvalue weighted by Crippen LogP contribution is 2.32. The zero-order valence-electron chi connectivity index (χ0n) is 20.4. The zero-order valence-corrected chi connectivity index (χ0v) is 20.4. The van der Waals surface area contributed by atoms with Gasteiger partial charge in [-0.1, -0.05) is 18.7 Å². The summed E-state index contributed by atoms with van der Waals surface area (Å²) >= 11 is 0. The number of unbranched alkanes of at least 4 members (excludes halogenated alkanes) is 3. The molecule has 2 N–H and O–H groups in total. The fourth-order valence-electron chi connectivity index (χ4n) is 3.50. The van der Waals surface area contributed by atoms with E-state index in [1.165, 1.54) is 24.3 Å². The number of carbonyl (C=O) groups excluding carboxylic acids is 2. The Morgan fingerprint density at radius 3 is 1.89 bits per heavy atom. The minimum atomic E-state index is -1.64. The van der Waals surface area contributed by atoms with Crippen LogP contribution in [0.3, 0.4) is 0 Å². The molecule has 0 radical (unpaired) electrons. The fourth-order valence-corrected chi connectivity index (χ4v) is 3.50. The van der Waals surface area contributed by atoms with Gasteiger partial charge in [0.25, 0.3) is 0 Å². The number of carboxylic acid groups (broad SMARTS) is 2. The van der Waals surface area contributed by atoms with E-state index in [1.54, 1.807) is 24.3 Å². The van der Waals surface area contributed by atoms with Crippen LogP contribution in [-0.2, 0) is 28.6 Å². The average molecular weight is 529 g/mol. The van der Waals surface area contributed by atoms with Gasteiger partial charge in [-0.3, -0.25) is 0 Å². The van der Waals surface area contributed by atoms with Crippen molar-refractivity contribution < 1.29 is 53.1 Å². The Labute approximate surface area is 218 Å². The van der Waals surface area contributed by atoms with Crippen molar-refractivity contribution >= 4 is 23.9 Å². The maximum atomic E-state index is 12.5. The molecule has 2 aromatic carbocycles. The number of hydrogen-bond donors (Lipinski definition) is 2. The first kappa shape index (κ1) is 28.4. The van der Waals surface area contributed by atoms with Crippen LogP contribution in [0.4, 0.5) is 0 Å². The van der Waals surface area contributed by atoms with E-state index in [9.17, 15) is 19.2 Å². The second-order valence-electron chi connectivity index (χ2n) is 8.24. The highest BCUT2D eigenvalue weighted by Gasteiger charge is 2.46. The summed E-state index contributed by atoms with van der Waals surface area (Å²) in [6.45, 7) is 4.22. The van der Waals surface area contributed by atoms with Crippen LogP contribution in [-0.4, -0.2) is 59.5 Å². The quantitative estimate of drug-likeness (QED) is 0.160. The Hall–Kier alpha value is -4.22. The highest BCUT2D eigenvalue weighted by molar-refractivity contribution is 5.91. The third-order valence-electron chi connectivity index (χ3n) is 5.47. The van der Waals surface area contributed by atoms with Crippen molar-refractivity contribution in [3.63, 3.8) is 0 Å². The molecular weight excluding hydrogens is 500 g/mol. The van der Waals surface area contributed by atoms with E-state index >= 15 is 0 Å². The largest absolute Gasteiger partial charge is 0.494 e. The molecule has 2 unspecified atom stereocenters. The van der Waals surface area contributed by atoms with Gasteiger partial charge in [0.1, 0.15) is 11.5 Å². The predicted octanol–water partition coefficient (Wildman–Crippen LogP) is 3.53. The molecule has 2 atom stereocenters. The minimum Gasteiger partial charge on any atom is -0.494 e. The van der Waals surface area contributed by atoms with E-state index < -0.39 is 42.4 Å². The molecule has 11 heteroatoms. The Morgan fingerprint density at radius 2 is 1.34 bits per heavy atom. The second-order valence-corrected chi connectivity index (χ2v) is 8.24. The molecule has 0 bridgehead atoms. The number of carbonyl (C=O) groups is 4. The maximum absolute atomic E-state index is 12.5. The molecule has 2 aromatic rings. The highest BCUT2D eigenvalue weighted by atomic mass is 16.7. The van der Waals surface area contributed by atoms with Gasteiger partial charge in [-0.15, -0.1) is 0 Å². The minimum absolute atomic E-state index is 0.223. The van der Waals surface area contributed by atoms with Gasteiger partial charge in [0.05, 0.1) is 18.8 Å². The molecule has 1 fully saturated rings. The summed E-state index contributed by atoms with van der Waals surface area (Å²) < 4.78 is 26.4. The van der Waals surface area contributed by atoms with Crippen LogP contribution in [0.15, 0.2) is 61.2 Å². The van der Waals surface area contributed by atoms with Crippen LogP contribution in [0.1, 0.15) is 47.9 Å². The van der Waals surface area contributed by atoms with E-state index in [1.807, 2.05) is 0 Å². The van der Waals surface area contributed by atoms with E-state index in [-0.39, 0.29) is 5.75 Å². The lowest BCUT2D eigenvalue weighted by Crippen LogP contribution is -2.36. The van der Waals surface area contributed by atoms with Crippen LogP contribution >= 0.6 is 0 Å². The van der Waals surface area contributed by atoms with Crippen molar-refractivity contribution in [3.05, 3.63) is 72.3 Å². The summed E-state index contributed by atoms with van der Waals surface area (Å²) in [5, 5.41) is 18.3. The first-order valence-corrected chi connectivity index (χ1v) is 11.9. The number of carboxylic acids is 2. The summed E-state index contributed by atoms with van der Waals surface area (Å²) in [5.74, 6) is -3.06. The Balaban J connectivity index is 1.41. The Kier molecular flexibility index (Phi) is 10.4. The summed E-state index contributed by atoms with van der Waals surface area (Å²) in [4.78, 5) is 45.8. The van der Waals surface area contributed by atoms with Gasteiger partial charge in [0.15, 0.2) is 18.5 Å². The summed E-state index contributed by atoms with van der Waals surface area (Å²) in [6.07, 6.45) is 0.124. The van der Waals surface area contributed by atoms with Crippen molar-refractivity contribution in [1.82, 2.24) is 0 Å². The van der Waals surface area contributed by atoms with Crippen molar-refractivity contribution in [1.29, 1.82) is 0 Å². The van der Waals surface area contributed by atoms with Crippen molar-refractivity contribution in [2.24, 2.45) is 0 Å². The Morgan fingerprint density at radius 1 is 0.789 bits per heavy atom. The maximum Gasteiger partial charge on any atom is 0.343 e. The lowest BCUT2D eigenvalue weighted by atomic mass is 10.2. The van der Waals surface area contributed by atoms with E-state index in [2.05, 4.69) is 6.58 Å². The van der Waals surface area contributed by atoms with Crippen molar-refractivity contribution in [2.75, 3.05) is 13.2 Å². The number of ether oxygens (including phenoxy) is 5. The fraction of sp³-hybridized carbons (Fsp3) is 0.333. The van der Waals surface area contributed by atoms with Crippen molar-refractivity contribution in [2.45, 2.75) is 44.2 Å². The van der Waals surface area contributed by atoms with Crippen LogP contribution in [0.25, 0.3) is 0 Å². The number of esters is 2. The molecular formula is C27H28O11. The molecule has 1 aliphatic heterocycles. The molecule has 0 spiro atoms. The van der Waals surface area contributed by atoms with Gasteiger partial charge in [0, 0.05) is 11.6 Å². The van der Waals surface area contributed by atoms with E-state index in [0.717, 1.165) is 31.8 Å². The normalized spacial score (nSPS) is 18.4. The molecule has 11 nitrogen and oxygen atoms in total. The molecule has 0 aromatic heterocycles. The molecule has 1 heterocycles. The van der Waals surface area contributed by atoms with E-state index in [0.29, 0.717) is 30.1 Å². The molecule has 0 saturated carbocycles. The summed E-state index contributed by atoms with van der Waals surface area (Å²) in [5.41, 5.74) is 0.684. The first-order valence-electron chi connectivity index (χ1n) is 11.9. The van der Waals surface area contributed by atoms with Gasteiger partial charge in [-0.2, -0.15) is 0 Å². The van der Waals surface area contributed by atoms with Gasteiger partial charge < -0.3 is 33.9 Å². The van der Waals surface area contributed by atoms with Crippen LogP contribution in [0.2, 0.25) is 0 Å². The topological polar surface area (TPSA) is 155 Å². The van der Waals surface area contributed by atoms with Gasteiger partial charge in [0.2, 0.25) is 0 Å². The molecule has 0 amide bonds. The molecule has 1 saturated heterocycles. The third kappa shape index (κ3) is 8.15. The van der Waals surface area contributed by atoms with Crippen LogP contribution in [0, 0.1) is 0 Å². The molecule has 1 aliphatic rings. The average Bonchev–Trinajstić information content (AvgIpc) is 3.37. The zero-order chi connectivity index (χ0) is 27.5. The summed E-state index contributed by atoms with van der Waals surface area (Å²) in [6, 6.07) is 12.4. The molecule has 3 rings (SSSR count). The standard InChI is InChI=1S/C27H28O11/c1-2-21(28)35-16-6-4-3-5-15-34-19-11-7-17(8-12-19)26(33)36-20-13-9-18(10-14-20)27-37-22(24(29)30)23(38-27)25(31)32/h2,7-14,22-23,27H,1,3-6,15-16H2,(H,29,30)(H,31,32). The molecule has 38 heavy (non-hydrogen) atoms. The summed E-state index contributed by atoms with van der Waals surface area (Å²) in [7, 11) is 0. The molecule has 202 valence electrons. The van der Waals surface area contributed by atoms with Crippen LogP contribution in [0.5, 0.6) is 11.5 Å². The van der Waals surface area contributed by atoms with E-state index in [4.69, 9.17) is 33.9 Å². The number of aliphatic carboxylic acids is 2. The first-order chi connectivity index (χ1) is 18.3. The Bertz CT molecular complexity index is 1100. The second kappa shape index (κ2) is 13.9.